The third-order valence-electron chi connectivity index (χ3n) is 6.46. The van der Waals surface area contributed by atoms with Gasteiger partial charge in [-0.2, -0.15) is 0 Å². The number of hydrogen-bond acceptors (Lipinski definition) is 2. The molecule has 0 amide bonds. The maximum Gasteiger partial charge on any atom is 0.0614 e. The van der Waals surface area contributed by atoms with Crippen molar-refractivity contribution in [2.45, 2.75) is 72.8 Å². The van der Waals surface area contributed by atoms with Crippen LogP contribution < -0.4 is 0 Å². The minimum atomic E-state index is -0.168. The van der Waals surface area contributed by atoms with Crippen molar-refractivity contribution >= 4 is 0 Å². The van der Waals surface area contributed by atoms with E-state index in [4.69, 9.17) is 5.11 Å². The Kier molecular flexibility index (Phi) is 5.23. The molecule has 2 rings (SSSR count). The summed E-state index contributed by atoms with van der Waals surface area (Å²) in [5.74, 6) is 1.20. The third-order valence-corrected chi connectivity index (χ3v) is 6.46. The molecule has 126 valence electrons. The van der Waals surface area contributed by atoms with Gasteiger partial charge < -0.3 is 10.2 Å². The van der Waals surface area contributed by atoms with Crippen LogP contribution in [0.25, 0.3) is 0 Å². The van der Waals surface area contributed by atoms with Crippen molar-refractivity contribution in [1.82, 2.24) is 0 Å². The van der Waals surface area contributed by atoms with Gasteiger partial charge in [0.15, 0.2) is 0 Å². The molecular weight excluding hydrogens is 272 g/mol. The summed E-state index contributed by atoms with van der Waals surface area (Å²) >= 11 is 0. The molecule has 0 saturated heterocycles. The van der Waals surface area contributed by atoms with Crippen LogP contribution in [-0.4, -0.2) is 22.9 Å². The van der Waals surface area contributed by atoms with E-state index < -0.39 is 0 Å². The Labute approximate surface area is 136 Å². The van der Waals surface area contributed by atoms with Crippen LogP contribution in [0, 0.1) is 22.7 Å². The van der Waals surface area contributed by atoms with Gasteiger partial charge >= 0.3 is 0 Å². The van der Waals surface area contributed by atoms with E-state index in [0.717, 1.165) is 32.1 Å². The second kappa shape index (κ2) is 6.49. The summed E-state index contributed by atoms with van der Waals surface area (Å²) in [5, 5.41) is 19.5. The highest BCUT2D eigenvalue weighted by molar-refractivity contribution is 5.19. The molecular formula is C20H34O2. The van der Waals surface area contributed by atoms with Gasteiger partial charge in [0, 0.05) is 0 Å². The molecule has 0 aromatic rings. The minimum Gasteiger partial charge on any atom is -0.393 e. The summed E-state index contributed by atoms with van der Waals surface area (Å²) in [4.78, 5) is 0. The van der Waals surface area contributed by atoms with Crippen LogP contribution in [0.4, 0.5) is 0 Å². The highest BCUT2D eigenvalue weighted by Crippen LogP contribution is 2.60. The van der Waals surface area contributed by atoms with Crippen molar-refractivity contribution in [3.8, 4) is 0 Å². The summed E-state index contributed by atoms with van der Waals surface area (Å²) in [6.07, 6.45) is 9.37. The number of hydrogen-bond donors (Lipinski definition) is 2. The summed E-state index contributed by atoms with van der Waals surface area (Å²) in [5.41, 5.74) is 3.18. The molecule has 2 aliphatic rings. The van der Waals surface area contributed by atoms with Crippen LogP contribution in [0.5, 0.6) is 0 Å². The van der Waals surface area contributed by atoms with Crippen molar-refractivity contribution in [2.75, 3.05) is 6.61 Å². The molecule has 2 aliphatic carbocycles. The van der Waals surface area contributed by atoms with Crippen LogP contribution in [0.3, 0.4) is 0 Å². The molecule has 0 spiro atoms. The predicted octanol–water partition coefficient (Wildman–Crippen LogP) is 4.47. The highest BCUT2D eigenvalue weighted by Gasteiger charge is 2.53. The monoisotopic (exact) mass is 306 g/mol. The SMILES string of the molecule is CC(=CCO)CCC1C(C)=CCC2C(C)(C)CC(O)CC12C. The molecule has 0 heterocycles. The van der Waals surface area contributed by atoms with E-state index in [-0.39, 0.29) is 23.5 Å². The maximum atomic E-state index is 10.5. The highest BCUT2D eigenvalue weighted by atomic mass is 16.3. The van der Waals surface area contributed by atoms with Gasteiger partial charge in [-0.15, -0.1) is 0 Å². The van der Waals surface area contributed by atoms with Gasteiger partial charge in [0.2, 0.25) is 0 Å². The molecule has 0 bridgehead atoms. The fraction of sp³-hybridized carbons (Fsp3) is 0.800. The summed E-state index contributed by atoms with van der Waals surface area (Å²) < 4.78 is 0. The lowest BCUT2D eigenvalue weighted by molar-refractivity contribution is -0.0952. The van der Waals surface area contributed by atoms with E-state index in [1.807, 2.05) is 6.08 Å². The number of aliphatic hydroxyl groups is 2. The van der Waals surface area contributed by atoms with Crippen LogP contribution in [-0.2, 0) is 0 Å². The Morgan fingerprint density at radius 1 is 1.32 bits per heavy atom. The van der Waals surface area contributed by atoms with Gasteiger partial charge in [-0.3, -0.25) is 0 Å². The Bertz CT molecular complexity index is 460. The van der Waals surface area contributed by atoms with Crippen LogP contribution >= 0.6 is 0 Å². The van der Waals surface area contributed by atoms with Gasteiger partial charge in [-0.1, -0.05) is 44.1 Å². The smallest absolute Gasteiger partial charge is 0.0614 e. The van der Waals surface area contributed by atoms with Crippen molar-refractivity contribution in [2.24, 2.45) is 22.7 Å². The Morgan fingerprint density at radius 3 is 2.64 bits per heavy atom. The Balaban J connectivity index is 2.25. The number of allylic oxidation sites excluding steroid dienone is 3. The predicted molar refractivity (Wildman–Crippen MR) is 92.6 cm³/mol. The first kappa shape index (κ1) is 17.7. The quantitative estimate of drug-likeness (QED) is 0.752. The first-order chi connectivity index (χ1) is 10.2. The second-order valence-corrected chi connectivity index (χ2v) is 8.62. The van der Waals surface area contributed by atoms with E-state index in [2.05, 4.69) is 40.7 Å². The summed E-state index contributed by atoms with van der Waals surface area (Å²) in [6, 6.07) is 0. The van der Waals surface area contributed by atoms with Crippen LogP contribution in [0.1, 0.15) is 66.7 Å². The van der Waals surface area contributed by atoms with Gasteiger partial charge in [0.05, 0.1) is 12.7 Å². The molecule has 0 aromatic carbocycles. The standard InChI is InChI=1S/C20H34O2/c1-14(10-11-21)6-8-17-15(2)7-9-18-19(3,4)12-16(22)13-20(17,18)5/h7,10,16-18,21-22H,6,8-9,11-13H2,1-5H3. The van der Waals surface area contributed by atoms with E-state index >= 15 is 0 Å². The van der Waals surface area contributed by atoms with E-state index in [0.29, 0.717) is 11.8 Å². The largest absolute Gasteiger partial charge is 0.393 e. The average molecular weight is 306 g/mol. The van der Waals surface area contributed by atoms with E-state index in [1.165, 1.54) is 11.1 Å². The number of rotatable bonds is 4. The Hall–Kier alpha value is -0.600. The zero-order chi connectivity index (χ0) is 16.5. The molecule has 1 saturated carbocycles. The zero-order valence-electron chi connectivity index (χ0n) is 15.0. The van der Waals surface area contributed by atoms with Gasteiger partial charge in [0.25, 0.3) is 0 Å². The second-order valence-electron chi connectivity index (χ2n) is 8.62. The lowest BCUT2D eigenvalue weighted by atomic mass is 9.47. The topological polar surface area (TPSA) is 40.5 Å². The first-order valence-corrected chi connectivity index (χ1v) is 8.82. The minimum absolute atomic E-state index is 0.136. The average Bonchev–Trinajstić information content (AvgIpc) is 2.35. The molecule has 2 N–H and O–H groups in total. The molecule has 0 aliphatic heterocycles. The molecule has 4 unspecified atom stereocenters. The zero-order valence-corrected chi connectivity index (χ0v) is 15.0. The normalized spacial score (nSPS) is 38.4. The van der Waals surface area contributed by atoms with Crippen LogP contribution in [0.15, 0.2) is 23.3 Å². The van der Waals surface area contributed by atoms with E-state index in [9.17, 15) is 5.11 Å². The van der Waals surface area contributed by atoms with Gasteiger partial charge in [-0.25, -0.2) is 0 Å². The third kappa shape index (κ3) is 3.33. The lowest BCUT2D eigenvalue weighted by Gasteiger charge is -2.58. The summed E-state index contributed by atoms with van der Waals surface area (Å²) in [6.45, 7) is 11.6. The van der Waals surface area contributed by atoms with E-state index in [1.54, 1.807) is 0 Å². The molecule has 22 heavy (non-hydrogen) atoms. The van der Waals surface area contributed by atoms with Crippen molar-refractivity contribution < 1.29 is 10.2 Å². The molecule has 2 nitrogen and oxygen atoms in total. The number of fused-ring (bicyclic) bond motifs is 1. The molecule has 1 fully saturated rings. The van der Waals surface area contributed by atoms with Crippen molar-refractivity contribution in [3.05, 3.63) is 23.3 Å². The van der Waals surface area contributed by atoms with Gasteiger partial charge in [-0.05, 0) is 68.6 Å². The first-order valence-electron chi connectivity index (χ1n) is 8.82. The molecule has 2 heteroatoms. The lowest BCUT2D eigenvalue weighted by Crippen LogP contribution is -2.52. The Morgan fingerprint density at radius 2 is 2.00 bits per heavy atom. The van der Waals surface area contributed by atoms with Crippen LogP contribution in [0.2, 0.25) is 0 Å². The van der Waals surface area contributed by atoms with Crippen molar-refractivity contribution in [1.29, 1.82) is 0 Å². The van der Waals surface area contributed by atoms with Gasteiger partial charge in [0.1, 0.15) is 0 Å². The van der Waals surface area contributed by atoms with Crippen molar-refractivity contribution in [3.63, 3.8) is 0 Å². The molecule has 4 atom stereocenters. The molecule has 0 aromatic heterocycles. The summed E-state index contributed by atoms with van der Waals surface area (Å²) in [7, 11) is 0. The fourth-order valence-electron chi connectivity index (χ4n) is 5.49. The fourth-order valence-corrected chi connectivity index (χ4v) is 5.49. The molecule has 0 radical (unpaired) electrons. The maximum absolute atomic E-state index is 10.5. The number of aliphatic hydroxyl groups excluding tert-OH is 2.